The van der Waals surface area contributed by atoms with Crippen LogP contribution in [0.3, 0.4) is 0 Å². The van der Waals surface area contributed by atoms with Crippen LogP contribution >= 0.6 is 0 Å². The lowest BCUT2D eigenvalue weighted by atomic mass is 10.4. The minimum absolute atomic E-state index is 0.284. The molecule has 0 aliphatic rings. The van der Waals surface area contributed by atoms with E-state index in [0.29, 0.717) is 13.0 Å². The van der Waals surface area contributed by atoms with Gasteiger partial charge in [-0.2, -0.15) is 8.42 Å². The fourth-order valence-corrected chi connectivity index (χ4v) is 1.09. The smallest absolute Gasteiger partial charge is 0.302 e. The average molecular weight is 182 g/mol. The van der Waals surface area contributed by atoms with Crippen molar-refractivity contribution < 1.29 is 17.0 Å². The monoisotopic (exact) mass is 182 g/mol. The van der Waals surface area contributed by atoms with Crippen LogP contribution in [0.5, 0.6) is 0 Å². The SMILES string of the molecule is C=COCCCCS(=O)(=O)F. The number of rotatable bonds is 6. The molecule has 0 saturated heterocycles. The zero-order chi connectivity index (χ0) is 8.74. The third-order valence-corrected chi connectivity index (χ3v) is 1.79. The van der Waals surface area contributed by atoms with Gasteiger partial charge in [0.2, 0.25) is 0 Å². The molecule has 5 heteroatoms. The minimum Gasteiger partial charge on any atom is -0.502 e. The molecule has 0 fully saturated rings. The Morgan fingerprint density at radius 2 is 2.09 bits per heavy atom. The molecule has 0 saturated carbocycles. The van der Waals surface area contributed by atoms with Gasteiger partial charge in [-0.05, 0) is 12.8 Å². The summed E-state index contributed by atoms with van der Waals surface area (Å²) < 4.78 is 36.4. The van der Waals surface area contributed by atoms with Crippen molar-refractivity contribution in [2.24, 2.45) is 0 Å². The second-order valence-electron chi connectivity index (χ2n) is 1.99. The molecule has 0 unspecified atom stereocenters. The first-order chi connectivity index (χ1) is 5.06. The van der Waals surface area contributed by atoms with E-state index in [-0.39, 0.29) is 6.42 Å². The maximum Gasteiger partial charge on any atom is 0.302 e. The third kappa shape index (κ3) is 9.42. The van der Waals surface area contributed by atoms with E-state index in [0.717, 1.165) is 0 Å². The van der Waals surface area contributed by atoms with Crippen LogP contribution in [-0.2, 0) is 15.0 Å². The minimum atomic E-state index is -4.29. The van der Waals surface area contributed by atoms with Gasteiger partial charge in [0.1, 0.15) is 0 Å². The van der Waals surface area contributed by atoms with E-state index in [2.05, 4.69) is 6.58 Å². The second kappa shape index (κ2) is 5.12. The lowest BCUT2D eigenvalue weighted by molar-refractivity contribution is 0.245. The Morgan fingerprint density at radius 3 is 2.55 bits per heavy atom. The number of halogens is 1. The Bertz CT molecular complexity index is 198. The lowest BCUT2D eigenvalue weighted by Crippen LogP contribution is -1.99. The normalized spacial score (nSPS) is 11.0. The maximum absolute atomic E-state index is 11.8. The fraction of sp³-hybridized carbons (Fsp3) is 0.667. The van der Waals surface area contributed by atoms with E-state index < -0.39 is 16.0 Å². The summed E-state index contributed by atoms with van der Waals surface area (Å²) in [5.41, 5.74) is 0. The van der Waals surface area contributed by atoms with Gasteiger partial charge in [0.15, 0.2) is 0 Å². The van der Waals surface area contributed by atoms with Crippen LogP contribution in [0.4, 0.5) is 3.89 Å². The molecule has 0 spiro atoms. The first kappa shape index (κ1) is 10.4. The molecule has 0 amide bonds. The second-order valence-corrected chi connectivity index (χ2v) is 3.47. The summed E-state index contributed by atoms with van der Waals surface area (Å²) >= 11 is 0. The van der Waals surface area contributed by atoms with E-state index in [1.807, 2.05) is 0 Å². The Labute approximate surface area is 66.1 Å². The van der Waals surface area contributed by atoms with Crippen molar-refractivity contribution in [2.75, 3.05) is 12.4 Å². The molecule has 0 bridgehead atoms. The van der Waals surface area contributed by atoms with Gasteiger partial charge >= 0.3 is 10.2 Å². The number of unbranched alkanes of at least 4 members (excludes halogenated alkanes) is 1. The number of hydrogen-bond acceptors (Lipinski definition) is 3. The Hall–Kier alpha value is -0.580. The van der Waals surface area contributed by atoms with Gasteiger partial charge in [0.05, 0.1) is 18.6 Å². The molecule has 0 aromatic carbocycles. The van der Waals surface area contributed by atoms with Crippen molar-refractivity contribution in [3.8, 4) is 0 Å². The van der Waals surface area contributed by atoms with E-state index in [1.54, 1.807) is 0 Å². The molecule has 3 nitrogen and oxygen atoms in total. The number of ether oxygens (including phenoxy) is 1. The van der Waals surface area contributed by atoms with E-state index in [4.69, 9.17) is 4.74 Å². The molecule has 0 aromatic heterocycles. The van der Waals surface area contributed by atoms with Crippen LogP contribution in [0.1, 0.15) is 12.8 Å². The molecule has 0 aliphatic carbocycles. The molecule has 0 radical (unpaired) electrons. The third-order valence-electron chi connectivity index (χ3n) is 1.02. The highest BCUT2D eigenvalue weighted by Crippen LogP contribution is 1.98. The summed E-state index contributed by atoms with van der Waals surface area (Å²) in [4.78, 5) is 0. The van der Waals surface area contributed by atoms with Crippen molar-refractivity contribution in [1.29, 1.82) is 0 Å². The standard InChI is InChI=1S/C6H11FO3S/c1-2-10-5-3-4-6-11(7,8)9/h2H,1,3-6H2. The Kier molecular flexibility index (Phi) is 4.85. The first-order valence-corrected chi connectivity index (χ1v) is 4.76. The van der Waals surface area contributed by atoms with Gasteiger partial charge in [0.25, 0.3) is 0 Å². The van der Waals surface area contributed by atoms with Gasteiger partial charge in [-0.25, -0.2) is 0 Å². The fourth-order valence-electron chi connectivity index (χ4n) is 0.543. The summed E-state index contributed by atoms with van der Waals surface area (Å²) in [5, 5.41) is 0. The molecule has 66 valence electrons. The topological polar surface area (TPSA) is 43.4 Å². The van der Waals surface area contributed by atoms with Gasteiger partial charge in [-0.3, -0.25) is 0 Å². The van der Waals surface area contributed by atoms with Gasteiger partial charge in [-0.1, -0.05) is 6.58 Å². The maximum atomic E-state index is 11.8. The van der Waals surface area contributed by atoms with E-state index in [9.17, 15) is 12.3 Å². The highest BCUT2D eigenvalue weighted by molar-refractivity contribution is 7.86. The Morgan fingerprint density at radius 1 is 1.45 bits per heavy atom. The van der Waals surface area contributed by atoms with Crippen molar-refractivity contribution in [3.63, 3.8) is 0 Å². The molecule has 0 atom stereocenters. The highest BCUT2D eigenvalue weighted by atomic mass is 32.3. The van der Waals surface area contributed by atoms with Crippen LogP contribution in [0.25, 0.3) is 0 Å². The summed E-state index contributed by atoms with van der Waals surface area (Å²) in [6.07, 6.45) is 2.08. The molecule has 0 aromatic rings. The van der Waals surface area contributed by atoms with Crippen LogP contribution in [0, 0.1) is 0 Å². The Balaban J connectivity index is 3.22. The first-order valence-electron chi connectivity index (χ1n) is 3.21. The quantitative estimate of drug-likeness (QED) is 0.352. The predicted octanol–water partition coefficient (Wildman–Crippen LogP) is 1.23. The zero-order valence-electron chi connectivity index (χ0n) is 6.12. The molecule has 0 N–H and O–H groups in total. The van der Waals surface area contributed by atoms with Gasteiger partial charge < -0.3 is 4.74 Å². The average Bonchev–Trinajstić information content (AvgIpc) is 1.85. The van der Waals surface area contributed by atoms with Crippen molar-refractivity contribution in [2.45, 2.75) is 12.8 Å². The highest BCUT2D eigenvalue weighted by Gasteiger charge is 2.04. The van der Waals surface area contributed by atoms with Crippen LogP contribution in [0.15, 0.2) is 12.8 Å². The molecule has 0 heterocycles. The number of hydrogen-bond donors (Lipinski definition) is 0. The van der Waals surface area contributed by atoms with Gasteiger partial charge in [0, 0.05) is 0 Å². The molecular weight excluding hydrogens is 171 g/mol. The van der Waals surface area contributed by atoms with Crippen molar-refractivity contribution >= 4 is 10.2 Å². The lowest BCUT2D eigenvalue weighted by Gasteiger charge is -1.97. The van der Waals surface area contributed by atoms with Crippen LogP contribution in [-0.4, -0.2) is 20.8 Å². The van der Waals surface area contributed by atoms with E-state index in [1.165, 1.54) is 6.26 Å². The van der Waals surface area contributed by atoms with Crippen LogP contribution in [0.2, 0.25) is 0 Å². The molecule has 0 rings (SSSR count). The summed E-state index contributed by atoms with van der Waals surface area (Å²) in [7, 11) is -4.29. The molecule has 11 heavy (non-hydrogen) atoms. The zero-order valence-corrected chi connectivity index (χ0v) is 6.94. The van der Waals surface area contributed by atoms with Crippen molar-refractivity contribution in [1.82, 2.24) is 0 Å². The summed E-state index contributed by atoms with van der Waals surface area (Å²) in [6, 6.07) is 0. The molecule has 0 aliphatic heterocycles. The predicted molar refractivity (Wildman–Crippen MR) is 40.3 cm³/mol. The molecular formula is C6H11FO3S. The largest absolute Gasteiger partial charge is 0.502 e. The van der Waals surface area contributed by atoms with Gasteiger partial charge in [-0.15, -0.1) is 3.89 Å². The van der Waals surface area contributed by atoms with Crippen LogP contribution < -0.4 is 0 Å². The van der Waals surface area contributed by atoms with Crippen molar-refractivity contribution in [3.05, 3.63) is 12.8 Å². The summed E-state index contributed by atoms with van der Waals surface area (Å²) in [5.74, 6) is -0.423. The van der Waals surface area contributed by atoms with E-state index >= 15 is 0 Å². The summed E-state index contributed by atoms with van der Waals surface area (Å²) in [6.45, 7) is 3.68.